The van der Waals surface area contributed by atoms with E-state index in [0.29, 0.717) is 12.3 Å². The Morgan fingerprint density at radius 1 is 1.03 bits per heavy atom. The van der Waals surface area contributed by atoms with Crippen LogP contribution in [0.4, 0.5) is 0 Å². The topological polar surface area (TPSA) is 59.3 Å². The predicted molar refractivity (Wildman–Crippen MR) is 119 cm³/mol. The van der Waals surface area contributed by atoms with Crippen LogP contribution < -0.4 is 5.32 Å². The van der Waals surface area contributed by atoms with Gasteiger partial charge in [-0.1, -0.05) is 53.7 Å². The first-order chi connectivity index (χ1) is 14.0. The van der Waals surface area contributed by atoms with Crippen LogP contribution in [-0.2, 0) is 11.2 Å². The zero-order valence-electron chi connectivity index (χ0n) is 16.9. The first-order valence-corrected chi connectivity index (χ1v) is 10.7. The number of fused-ring (bicyclic) bond motifs is 3. The molecule has 2 heterocycles. The average molecular weight is 405 g/mol. The van der Waals surface area contributed by atoms with E-state index in [2.05, 4.69) is 71.0 Å². The van der Waals surface area contributed by atoms with Crippen molar-refractivity contribution in [2.75, 3.05) is 12.3 Å². The maximum atomic E-state index is 12.3. The second-order valence-corrected chi connectivity index (χ2v) is 8.30. The molecule has 0 bridgehead atoms. The zero-order chi connectivity index (χ0) is 20.4. The molecule has 148 valence electrons. The monoisotopic (exact) mass is 404 g/mol. The van der Waals surface area contributed by atoms with Gasteiger partial charge in [-0.2, -0.15) is 0 Å². The largest absolute Gasteiger partial charge is 0.355 e. The van der Waals surface area contributed by atoms with E-state index in [4.69, 9.17) is 0 Å². The molecule has 1 N–H and O–H groups in total. The molecule has 2 aromatic heterocycles. The fourth-order valence-corrected chi connectivity index (χ4v) is 4.45. The van der Waals surface area contributed by atoms with Crippen molar-refractivity contribution in [1.82, 2.24) is 19.9 Å². The van der Waals surface area contributed by atoms with E-state index < -0.39 is 0 Å². The van der Waals surface area contributed by atoms with Gasteiger partial charge in [-0.05, 0) is 56.0 Å². The van der Waals surface area contributed by atoms with Crippen LogP contribution in [0, 0.1) is 20.8 Å². The minimum Gasteiger partial charge on any atom is -0.355 e. The van der Waals surface area contributed by atoms with Crippen LogP contribution in [0.2, 0.25) is 0 Å². The third kappa shape index (κ3) is 4.12. The van der Waals surface area contributed by atoms with Crippen LogP contribution >= 0.6 is 11.8 Å². The van der Waals surface area contributed by atoms with E-state index in [1.807, 2.05) is 18.2 Å². The number of nitrogens with one attached hydrogen (secondary N) is 1. The van der Waals surface area contributed by atoms with Gasteiger partial charge in [-0.3, -0.25) is 9.20 Å². The molecule has 0 unspecified atom stereocenters. The standard InChI is InChI=1S/C23H24N4OS/c1-15-11-17(3)22-19(12-15)16(2)13-20-25-26-23(27(20)22)29-14-21(28)24-10-9-18-7-5-4-6-8-18/h4-8,11-13H,9-10,14H2,1-3H3,(H,24,28). The molecular weight excluding hydrogens is 380 g/mol. The van der Waals surface area contributed by atoms with Crippen LogP contribution in [-0.4, -0.2) is 32.8 Å². The van der Waals surface area contributed by atoms with Gasteiger partial charge in [0.05, 0.1) is 11.3 Å². The molecule has 4 rings (SSSR count). The highest BCUT2D eigenvalue weighted by atomic mass is 32.2. The summed E-state index contributed by atoms with van der Waals surface area (Å²) in [6.07, 6.45) is 0.827. The van der Waals surface area contributed by atoms with Gasteiger partial charge in [0.25, 0.3) is 0 Å². The van der Waals surface area contributed by atoms with Crippen molar-refractivity contribution >= 4 is 34.2 Å². The molecule has 0 aliphatic carbocycles. The Hall–Kier alpha value is -2.86. The minimum absolute atomic E-state index is 0.00617. The van der Waals surface area contributed by atoms with E-state index in [-0.39, 0.29) is 5.91 Å². The van der Waals surface area contributed by atoms with Gasteiger partial charge < -0.3 is 5.32 Å². The van der Waals surface area contributed by atoms with Gasteiger partial charge in [0.1, 0.15) is 0 Å². The third-order valence-electron chi connectivity index (χ3n) is 5.01. The Bertz CT molecular complexity index is 1180. The number of hydrogen-bond acceptors (Lipinski definition) is 4. The van der Waals surface area contributed by atoms with Crippen LogP contribution in [0.3, 0.4) is 0 Å². The fraction of sp³-hybridized carbons (Fsp3) is 0.261. The lowest BCUT2D eigenvalue weighted by Gasteiger charge is -2.11. The van der Waals surface area contributed by atoms with E-state index in [9.17, 15) is 4.79 Å². The van der Waals surface area contributed by atoms with Crippen molar-refractivity contribution in [2.24, 2.45) is 0 Å². The van der Waals surface area contributed by atoms with E-state index >= 15 is 0 Å². The minimum atomic E-state index is 0.00617. The molecule has 0 atom stereocenters. The molecule has 0 radical (unpaired) electrons. The highest BCUT2D eigenvalue weighted by Gasteiger charge is 2.15. The summed E-state index contributed by atoms with van der Waals surface area (Å²) in [5.41, 5.74) is 6.75. The highest BCUT2D eigenvalue weighted by Crippen LogP contribution is 2.29. The molecule has 2 aromatic carbocycles. The van der Waals surface area contributed by atoms with Crippen molar-refractivity contribution < 1.29 is 4.79 Å². The molecule has 0 fully saturated rings. The van der Waals surface area contributed by atoms with Gasteiger partial charge in [0, 0.05) is 11.9 Å². The summed E-state index contributed by atoms with van der Waals surface area (Å²) < 4.78 is 2.07. The molecule has 29 heavy (non-hydrogen) atoms. The number of aromatic nitrogens is 3. The lowest BCUT2D eigenvalue weighted by Crippen LogP contribution is -2.27. The number of benzene rings is 2. The van der Waals surface area contributed by atoms with Crippen molar-refractivity contribution in [1.29, 1.82) is 0 Å². The lowest BCUT2D eigenvalue weighted by molar-refractivity contribution is -0.118. The first kappa shape index (κ1) is 19.5. The number of nitrogens with zero attached hydrogens (tertiary/aromatic N) is 3. The number of rotatable bonds is 6. The highest BCUT2D eigenvalue weighted by molar-refractivity contribution is 7.99. The average Bonchev–Trinajstić information content (AvgIpc) is 3.09. The summed E-state index contributed by atoms with van der Waals surface area (Å²) >= 11 is 1.42. The van der Waals surface area contributed by atoms with Gasteiger partial charge in [0.15, 0.2) is 10.8 Å². The van der Waals surface area contributed by atoms with E-state index in [0.717, 1.165) is 22.7 Å². The zero-order valence-corrected chi connectivity index (χ0v) is 17.7. The Kier molecular flexibility index (Phi) is 5.53. The van der Waals surface area contributed by atoms with Crippen molar-refractivity contribution in [3.63, 3.8) is 0 Å². The molecular formula is C23H24N4OS. The molecule has 4 aromatic rings. The number of pyridine rings is 1. The normalized spacial score (nSPS) is 11.3. The molecule has 0 spiro atoms. The second-order valence-electron chi connectivity index (χ2n) is 7.36. The van der Waals surface area contributed by atoms with Crippen molar-refractivity contribution in [3.8, 4) is 0 Å². The Morgan fingerprint density at radius 3 is 2.62 bits per heavy atom. The summed E-state index contributed by atoms with van der Waals surface area (Å²) in [6, 6.07) is 16.6. The Labute approximate surface area is 174 Å². The fourth-order valence-electron chi connectivity index (χ4n) is 3.68. The summed E-state index contributed by atoms with van der Waals surface area (Å²) in [4.78, 5) is 12.3. The number of thioether (sulfide) groups is 1. The molecule has 0 aliphatic rings. The predicted octanol–water partition coefficient (Wildman–Crippen LogP) is 4.26. The maximum absolute atomic E-state index is 12.3. The second kappa shape index (κ2) is 8.25. The first-order valence-electron chi connectivity index (χ1n) is 9.72. The summed E-state index contributed by atoms with van der Waals surface area (Å²) in [5.74, 6) is 0.322. The van der Waals surface area contributed by atoms with Crippen LogP contribution in [0.25, 0.3) is 16.6 Å². The van der Waals surface area contributed by atoms with E-state index in [1.165, 1.54) is 39.4 Å². The molecule has 0 saturated carbocycles. The maximum Gasteiger partial charge on any atom is 0.230 e. The third-order valence-corrected chi connectivity index (χ3v) is 5.94. The SMILES string of the molecule is Cc1cc(C)c2c(c1)c(C)cc1nnc(SCC(=O)NCCc3ccccc3)n12. The molecule has 5 nitrogen and oxygen atoms in total. The van der Waals surface area contributed by atoms with E-state index in [1.54, 1.807) is 0 Å². The van der Waals surface area contributed by atoms with Crippen LogP contribution in [0.5, 0.6) is 0 Å². The Balaban J connectivity index is 1.50. The Morgan fingerprint density at radius 2 is 1.83 bits per heavy atom. The van der Waals surface area contributed by atoms with Crippen LogP contribution in [0.1, 0.15) is 22.3 Å². The molecule has 6 heteroatoms. The van der Waals surface area contributed by atoms with Gasteiger partial charge in [-0.15, -0.1) is 10.2 Å². The summed E-state index contributed by atoms with van der Waals surface area (Å²) in [6.45, 7) is 6.95. The molecule has 0 saturated heterocycles. The molecule has 0 aliphatic heterocycles. The van der Waals surface area contributed by atoms with Gasteiger partial charge in [-0.25, -0.2) is 0 Å². The van der Waals surface area contributed by atoms with Gasteiger partial charge >= 0.3 is 0 Å². The van der Waals surface area contributed by atoms with Crippen molar-refractivity contribution in [2.45, 2.75) is 32.3 Å². The quantitative estimate of drug-likeness (QED) is 0.488. The summed E-state index contributed by atoms with van der Waals surface area (Å²) in [5, 5.41) is 13.6. The number of aryl methyl sites for hydroxylation is 3. The number of amides is 1. The van der Waals surface area contributed by atoms with Crippen molar-refractivity contribution in [3.05, 3.63) is 70.8 Å². The van der Waals surface area contributed by atoms with Gasteiger partial charge in [0.2, 0.25) is 5.91 Å². The number of carbonyl (C=O) groups excluding carboxylic acids is 1. The van der Waals surface area contributed by atoms with Crippen LogP contribution in [0.15, 0.2) is 53.7 Å². The molecule has 1 amide bonds. The number of hydrogen-bond donors (Lipinski definition) is 1. The number of carbonyl (C=O) groups is 1. The lowest BCUT2D eigenvalue weighted by atomic mass is 10.0. The summed E-state index contributed by atoms with van der Waals surface area (Å²) in [7, 11) is 0. The smallest absolute Gasteiger partial charge is 0.230 e.